The fraction of sp³-hybridized carbons (Fsp3) is 0.250. The second kappa shape index (κ2) is 5.99. The van der Waals surface area contributed by atoms with Crippen molar-refractivity contribution in [1.82, 2.24) is 4.98 Å². The summed E-state index contributed by atoms with van der Waals surface area (Å²) in [4.78, 5) is 14.8. The number of nitrogens with one attached hydrogen (secondary N) is 1. The molecular formula is C20H20ClNO2. The Bertz CT molecular complexity index is 919. The molecule has 3 rings (SSSR count). The highest BCUT2D eigenvalue weighted by molar-refractivity contribution is 6.30. The molecule has 0 atom stereocenters. The topological polar surface area (TPSA) is 53.1 Å². The van der Waals surface area contributed by atoms with Crippen molar-refractivity contribution in [1.29, 1.82) is 0 Å². The number of hydrogen-bond acceptors (Lipinski definition) is 1. The van der Waals surface area contributed by atoms with E-state index < -0.39 is 5.97 Å². The Morgan fingerprint density at radius 2 is 1.92 bits per heavy atom. The van der Waals surface area contributed by atoms with Crippen LogP contribution in [0.5, 0.6) is 0 Å². The molecule has 0 aliphatic heterocycles. The SMILES string of the molecule is CC(C)(C)c1ccc2[nH]c(-c3cccc(Cl)c3)c(CC(=O)O)c2c1. The quantitative estimate of drug-likeness (QED) is 0.669. The first-order chi connectivity index (χ1) is 11.3. The van der Waals surface area contributed by atoms with Crippen LogP contribution in [-0.2, 0) is 16.6 Å². The standard InChI is InChI=1S/C20H20ClNO2/c1-20(2,3)13-7-8-17-15(10-13)16(11-18(23)24)19(22-17)12-5-4-6-14(21)9-12/h4-10,22H,11H2,1-3H3,(H,23,24). The van der Waals surface area contributed by atoms with Gasteiger partial charge in [0, 0.05) is 15.9 Å². The first-order valence-electron chi connectivity index (χ1n) is 7.88. The van der Waals surface area contributed by atoms with Gasteiger partial charge in [-0.15, -0.1) is 0 Å². The molecule has 0 saturated heterocycles. The second-order valence-corrected chi connectivity index (χ2v) is 7.51. The molecule has 2 N–H and O–H groups in total. The highest BCUT2D eigenvalue weighted by Gasteiger charge is 2.19. The summed E-state index contributed by atoms with van der Waals surface area (Å²) >= 11 is 6.11. The summed E-state index contributed by atoms with van der Waals surface area (Å²) in [5.74, 6) is -0.847. The van der Waals surface area contributed by atoms with Gasteiger partial charge in [0.1, 0.15) is 0 Å². The number of carboxylic acids is 1. The number of benzene rings is 2. The molecule has 0 aliphatic rings. The largest absolute Gasteiger partial charge is 0.481 e. The molecule has 0 unspecified atom stereocenters. The van der Waals surface area contributed by atoms with Crippen LogP contribution in [0.4, 0.5) is 0 Å². The van der Waals surface area contributed by atoms with E-state index in [1.54, 1.807) is 0 Å². The van der Waals surface area contributed by atoms with Gasteiger partial charge in [0.05, 0.1) is 12.1 Å². The van der Waals surface area contributed by atoms with Crippen LogP contribution in [-0.4, -0.2) is 16.1 Å². The predicted octanol–water partition coefficient (Wildman–Crippen LogP) is 5.41. The number of rotatable bonds is 3. The summed E-state index contributed by atoms with van der Waals surface area (Å²) in [7, 11) is 0. The van der Waals surface area contributed by atoms with Crippen molar-refractivity contribution in [2.45, 2.75) is 32.6 Å². The van der Waals surface area contributed by atoms with Crippen molar-refractivity contribution in [2.24, 2.45) is 0 Å². The van der Waals surface area contributed by atoms with Crippen molar-refractivity contribution >= 4 is 28.5 Å². The van der Waals surface area contributed by atoms with E-state index in [4.69, 9.17) is 11.6 Å². The van der Waals surface area contributed by atoms with E-state index in [2.05, 4.69) is 37.9 Å². The van der Waals surface area contributed by atoms with Gasteiger partial charge in [-0.3, -0.25) is 4.79 Å². The molecule has 0 aliphatic carbocycles. The number of halogens is 1. The summed E-state index contributed by atoms with van der Waals surface area (Å²) in [6.45, 7) is 6.45. The predicted molar refractivity (Wildman–Crippen MR) is 98.8 cm³/mol. The molecule has 0 amide bonds. The van der Waals surface area contributed by atoms with E-state index >= 15 is 0 Å². The van der Waals surface area contributed by atoms with Crippen molar-refractivity contribution in [3.8, 4) is 11.3 Å². The number of aromatic nitrogens is 1. The molecule has 1 aromatic heterocycles. The first-order valence-corrected chi connectivity index (χ1v) is 8.26. The summed E-state index contributed by atoms with van der Waals surface area (Å²) in [6.07, 6.45) is -0.0323. The zero-order chi connectivity index (χ0) is 17.5. The van der Waals surface area contributed by atoms with Crippen LogP contribution in [0.15, 0.2) is 42.5 Å². The zero-order valence-corrected chi connectivity index (χ0v) is 14.7. The Kier molecular flexibility index (Phi) is 4.14. The van der Waals surface area contributed by atoms with Crippen LogP contribution in [0.3, 0.4) is 0 Å². The van der Waals surface area contributed by atoms with Crippen molar-refractivity contribution in [3.63, 3.8) is 0 Å². The second-order valence-electron chi connectivity index (χ2n) is 7.07. The van der Waals surface area contributed by atoms with E-state index in [1.165, 1.54) is 5.56 Å². The van der Waals surface area contributed by atoms with Gasteiger partial charge in [0.25, 0.3) is 0 Å². The first kappa shape index (κ1) is 16.6. The average molecular weight is 342 g/mol. The Labute approximate surface area is 146 Å². The van der Waals surface area contributed by atoms with Gasteiger partial charge >= 0.3 is 5.97 Å². The molecule has 0 radical (unpaired) electrons. The third-order valence-corrected chi connectivity index (χ3v) is 4.45. The summed E-state index contributed by atoms with van der Waals surface area (Å²) in [5.41, 5.74) is 4.63. The van der Waals surface area contributed by atoms with E-state index in [1.807, 2.05) is 30.3 Å². The third-order valence-electron chi connectivity index (χ3n) is 4.21. The average Bonchev–Trinajstić information content (AvgIpc) is 2.84. The van der Waals surface area contributed by atoms with Gasteiger partial charge in [0.15, 0.2) is 0 Å². The maximum Gasteiger partial charge on any atom is 0.307 e. The molecule has 4 heteroatoms. The van der Waals surface area contributed by atoms with E-state index in [-0.39, 0.29) is 11.8 Å². The van der Waals surface area contributed by atoms with Crippen LogP contribution in [0.1, 0.15) is 31.9 Å². The molecule has 3 aromatic rings. The minimum atomic E-state index is -0.847. The monoisotopic (exact) mass is 341 g/mol. The number of H-pyrrole nitrogens is 1. The number of carboxylic acid groups (broad SMARTS) is 1. The minimum absolute atomic E-state index is 0.00215. The van der Waals surface area contributed by atoms with Crippen molar-refractivity contribution < 1.29 is 9.90 Å². The molecule has 0 saturated carbocycles. The normalized spacial score (nSPS) is 11.8. The highest BCUT2D eigenvalue weighted by atomic mass is 35.5. The van der Waals surface area contributed by atoms with Crippen molar-refractivity contribution in [3.05, 3.63) is 58.6 Å². The summed E-state index contributed by atoms with van der Waals surface area (Å²) in [5, 5.41) is 10.9. The number of aliphatic carboxylic acids is 1. The molecule has 124 valence electrons. The molecule has 1 heterocycles. The fourth-order valence-corrected chi connectivity index (χ4v) is 3.13. The molecule has 3 nitrogen and oxygen atoms in total. The zero-order valence-electron chi connectivity index (χ0n) is 14.0. The Hall–Kier alpha value is -2.26. The molecule has 0 spiro atoms. The maximum atomic E-state index is 11.4. The van der Waals surface area contributed by atoms with Crippen molar-refractivity contribution in [2.75, 3.05) is 0 Å². The highest BCUT2D eigenvalue weighted by Crippen LogP contribution is 2.34. The molecular weight excluding hydrogens is 322 g/mol. The van der Waals surface area contributed by atoms with E-state index in [0.717, 1.165) is 27.7 Å². The molecule has 0 bridgehead atoms. The van der Waals surface area contributed by atoms with Crippen LogP contribution in [0, 0.1) is 0 Å². The van der Waals surface area contributed by atoms with Gasteiger partial charge in [0.2, 0.25) is 0 Å². The Morgan fingerprint density at radius 1 is 1.17 bits per heavy atom. The van der Waals surface area contributed by atoms with Crippen LogP contribution in [0.2, 0.25) is 5.02 Å². The van der Waals surface area contributed by atoms with Gasteiger partial charge in [-0.25, -0.2) is 0 Å². The number of aromatic amines is 1. The lowest BCUT2D eigenvalue weighted by atomic mass is 9.86. The van der Waals surface area contributed by atoms with Gasteiger partial charge in [-0.05, 0) is 46.4 Å². The van der Waals surface area contributed by atoms with E-state index in [0.29, 0.717) is 5.02 Å². The van der Waals surface area contributed by atoms with Crippen LogP contribution in [0.25, 0.3) is 22.2 Å². The summed E-state index contributed by atoms with van der Waals surface area (Å²) < 4.78 is 0. The Balaban J connectivity index is 2.27. The lowest BCUT2D eigenvalue weighted by Gasteiger charge is -2.19. The number of fused-ring (bicyclic) bond motifs is 1. The van der Waals surface area contributed by atoms with Crippen LogP contribution >= 0.6 is 11.6 Å². The fourth-order valence-electron chi connectivity index (χ4n) is 2.94. The lowest BCUT2D eigenvalue weighted by molar-refractivity contribution is -0.136. The van der Waals surface area contributed by atoms with Gasteiger partial charge in [-0.1, -0.05) is 50.6 Å². The van der Waals surface area contributed by atoms with E-state index in [9.17, 15) is 9.90 Å². The van der Waals surface area contributed by atoms with Gasteiger partial charge in [-0.2, -0.15) is 0 Å². The number of hydrogen-bond donors (Lipinski definition) is 2. The molecule has 24 heavy (non-hydrogen) atoms. The third kappa shape index (κ3) is 3.17. The lowest BCUT2D eigenvalue weighted by Crippen LogP contribution is -2.10. The molecule has 0 fully saturated rings. The van der Waals surface area contributed by atoms with Gasteiger partial charge < -0.3 is 10.1 Å². The Morgan fingerprint density at radius 3 is 2.54 bits per heavy atom. The smallest absolute Gasteiger partial charge is 0.307 e. The molecule has 2 aromatic carbocycles. The summed E-state index contributed by atoms with van der Waals surface area (Å²) in [6, 6.07) is 13.7. The number of carbonyl (C=O) groups is 1. The maximum absolute atomic E-state index is 11.4. The minimum Gasteiger partial charge on any atom is -0.481 e. The van der Waals surface area contributed by atoms with Crippen LogP contribution < -0.4 is 0 Å².